The van der Waals surface area contributed by atoms with Crippen molar-refractivity contribution in [2.75, 3.05) is 17.2 Å². The van der Waals surface area contributed by atoms with Crippen LogP contribution in [0.3, 0.4) is 0 Å². The molecule has 6 nitrogen and oxygen atoms in total. The number of guanidine groups is 1. The van der Waals surface area contributed by atoms with Gasteiger partial charge < -0.3 is 0 Å². The number of carbonyl (C=O) groups excluding carboxylic acids is 1. The number of benzene rings is 1. The van der Waals surface area contributed by atoms with Gasteiger partial charge in [-0.2, -0.15) is 4.39 Å². The molecule has 0 unspecified atom stereocenters. The maximum atomic E-state index is 14.3. The van der Waals surface area contributed by atoms with Gasteiger partial charge in [0.05, 0.1) is 17.5 Å². The van der Waals surface area contributed by atoms with Crippen LogP contribution < -0.4 is 4.90 Å². The Morgan fingerprint density at radius 2 is 1.83 bits per heavy atom. The molecule has 0 spiro atoms. The number of fused-ring (bicyclic) bond motifs is 1. The summed E-state index contributed by atoms with van der Waals surface area (Å²) < 4.78 is 55.1. The summed E-state index contributed by atoms with van der Waals surface area (Å²) in [5.74, 6) is -3.35. The van der Waals surface area contributed by atoms with Crippen LogP contribution in [0.15, 0.2) is 28.6 Å². The largest absolute Gasteiger partial charge is 0.286 e. The number of amides is 1. The van der Waals surface area contributed by atoms with Crippen LogP contribution in [0.25, 0.3) is 0 Å². The van der Waals surface area contributed by atoms with Crippen molar-refractivity contribution in [3.05, 3.63) is 41.1 Å². The Morgan fingerprint density at radius 3 is 2.52 bits per heavy atom. The van der Waals surface area contributed by atoms with Gasteiger partial charge in [0, 0.05) is 6.54 Å². The number of aryl methyl sites for hydroxylation is 2. The molecule has 0 aliphatic carbocycles. The molecule has 1 aromatic rings. The highest BCUT2D eigenvalue weighted by atomic mass is 32.2. The SMILES string of the molecule is Cc1cc(F)c(N2C(=O)C=C(F)N3CCS(=O)(=O)N=C32)cc1C. The lowest BCUT2D eigenvalue weighted by Gasteiger charge is -2.36. The second-order valence-electron chi connectivity index (χ2n) is 5.36. The Labute approximate surface area is 131 Å². The van der Waals surface area contributed by atoms with Crippen LogP contribution in [-0.4, -0.2) is 37.5 Å². The fourth-order valence-electron chi connectivity index (χ4n) is 2.40. The van der Waals surface area contributed by atoms with E-state index in [1.165, 1.54) is 12.1 Å². The van der Waals surface area contributed by atoms with Gasteiger partial charge in [0.1, 0.15) is 5.82 Å². The number of anilines is 1. The fourth-order valence-corrected chi connectivity index (χ4v) is 3.33. The topological polar surface area (TPSA) is 70.1 Å². The fraction of sp³-hybridized carbons (Fsp3) is 0.286. The highest BCUT2D eigenvalue weighted by Crippen LogP contribution is 2.30. The van der Waals surface area contributed by atoms with Crippen molar-refractivity contribution in [2.24, 2.45) is 4.40 Å². The molecular formula is C14H13F2N3O3S. The van der Waals surface area contributed by atoms with Crippen LogP contribution in [0.1, 0.15) is 11.1 Å². The zero-order chi connectivity index (χ0) is 16.9. The van der Waals surface area contributed by atoms with Crippen molar-refractivity contribution >= 4 is 27.6 Å². The van der Waals surface area contributed by atoms with E-state index in [1.54, 1.807) is 13.8 Å². The van der Waals surface area contributed by atoms with E-state index in [0.717, 1.165) is 9.80 Å². The molecule has 2 heterocycles. The molecule has 0 N–H and O–H groups in total. The van der Waals surface area contributed by atoms with E-state index >= 15 is 0 Å². The van der Waals surface area contributed by atoms with Crippen LogP contribution in [-0.2, 0) is 14.8 Å². The Bertz CT molecular complexity index is 877. The second kappa shape index (κ2) is 5.12. The van der Waals surface area contributed by atoms with Gasteiger partial charge in [-0.3, -0.25) is 9.69 Å². The van der Waals surface area contributed by atoms with Crippen LogP contribution in [0.5, 0.6) is 0 Å². The molecule has 2 aliphatic heterocycles. The third-order valence-electron chi connectivity index (χ3n) is 3.76. The first-order chi connectivity index (χ1) is 10.7. The molecule has 2 aliphatic rings. The van der Waals surface area contributed by atoms with Gasteiger partial charge in [0.25, 0.3) is 15.9 Å². The van der Waals surface area contributed by atoms with E-state index < -0.39 is 33.7 Å². The first-order valence-electron chi connectivity index (χ1n) is 6.78. The number of nitrogens with zero attached hydrogens (tertiary/aromatic N) is 3. The molecule has 0 saturated heterocycles. The van der Waals surface area contributed by atoms with Gasteiger partial charge in [0.15, 0.2) is 0 Å². The highest BCUT2D eigenvalue weighted by Gasteiger charge is 2.39. The van der Waals surface area contributed by atoms with Crippen molar-refractivity contribution in [1.82, 2.24) is 4.90 Å². The highest BCUT2D eigenvalue weighted by molar-refractivity contribution is 7.90. The summed E-state index contributed by atoms with van der Waals surface area (Å²) in [7, 11) is -3.84. The molecule has 23 heavy (non-hydrogen) atoms. The smallest absolute Gasteiger partial charge is 0.262 e. The lowest BCUT2D eigenvalue weighted by atomic mass is 10.1. The van der Waals surface area contributed by atoms with Crippen LogP contribution in [0, 0.1) is 19.7 Å². The van der Waals surface area contributed by atoms with Crippen molar-refractivity contribution in [3.63, 3.8) is 0 Å². The molecule has 0 radical (unpaired) electrons. The van der Waals surface area contributed by atoms with E-state index in [1.807, 2.05) is 0 Å². The number of rotatable bonds is 1. The average molecular weight is 341 g/mol. The Morgan fingerprint density at radius 1 is 1.17 bits per heavy atom. The lowest BCUT2D eigenvalue weighted by Crippen LogP contribution is -2.53. The van der Waals surface area contributed by atoms with Crippen molar-refractivity contribution < 1.29 is 22.0 Å². The number of halogens is 2. The molecule has 3 rings (SSSR count). The average Bonchev–Trinajstić information content (AvgIpc) is 2.42. The lowest BCUT2D eigenvalue weighted by molar-refractivity contribution is -0.113. The monoisotopic (exact) mass is 341 g/mol. The first kappa shape index (κ1) is 15.6. The molecule has 0 fully saturated rings. The second-order valence-corrected chi connectivity index (χ2v) is 7.11. The molecular weight excluding hydrogens is 328 g/mol. The summed E-state index contributed by atoms with van der Waals surface area (Å²) in [5.41, 5.74) is 1.21. The van der Waals surface area contributed by atoms with E-state index in [2.05, 4.69) is 4.40 Å². The van der Waals surface area contributed by atoms with Crippen LogP contribution >= 0.6 is 0 Å². The van der Waals surface area contributed by atoms with Gasteiger partial charge in [-0.25, -0.2) is 17.7 Å². The predicted octanol–water partition coefficient (Wildman–Crippen LogP) is 1.60. The van der Waals surface area contributed by atoms with E-state index in [9.17, 15) is 22.0 Å². The zero-order valence-corrected chi connectivity index (χ0v) is 13.2. The Balaban J connectivity index is 2.23. The van der Waals surface area contributed by atoms with Gasteiger partial charge in [-0.1, -0.05) is 0 Å². The number of carbonyl (C=O) groups is 1. The summed E-state index contributed by atoms with van der Waals surface area (Å²) in [6, 6.07) is 2.64. The van der Waals surface area contributed by atoms with Crippen molar-refractivity contribution in [3.8, 4) is 0 Å². The van der Waals surface area contributed by atoms with Crippen LogP contribution in [0.4, 0.5) is 14.5 Å². The van der Waals surface area contributed by atoms with Crippen molar-refractivity contribution in [2.45, 2.75) is 13.8 Å². The third kappa shape index (κ3) is 2.61. The molecule has 0 aromatic heterocycles. The molecule has 9 heteroatoms. The minimum atomic E-state index is -3.84. The number of sulfonamides is 1. The summed E-state index contributed by atoms with van der Waals surface area (Å²) in [6.07, 6.45) is 0.686. The van der Waals surface area contributed by atoms with E-state index in [-0.39, 0.29) is 18.0 Å². The van der Waals surface area contributed by atoms with Gasteiger partial charge in [-0.05, 0) is 37.1 Å². The maximum absolute atomic E-state index is 14.3. The predicted molar refractivity (Wildman–Crippen MR) is 80.5 cm³/mol. The molecule has 122 valence electrons. The standard InChI is InChI=1S/C14H13F2N3O3S/c1-8-5-10(15)11(6-9(8)2)19-13(20)7-12(16)18-3-4-23(21,22)17-14(18)19/h5-7H,3-4H2,1-2H3. The van der Waals surface area contributed by atoms with E-state index in [4.69, 9.17) is 0 Å². The van der Waals surface area contributed by atoms with Gasteiger partial charge in [0.2, 0.25) is 11.9 Å². The molecule has 0 atom stereocenters. The molecule has 0 bridgehead atoms. The zero-order valence-electron chi connectivity index (χ0n) is 12.4. The number of hydrogen-bond donors (Lipinski definition) is 0. The van der Waals surface area contributed by atoms with Gasteiger partial charge >= 0.3 is 0 Å². The Kier molecular flexibility index (Phi) is 3.47. The summed E-state index contributed by atoms with van der Waals surface area (Å²) in [6.45, 7) is 3.23. The minimum Gasteiger partial charge on any atom is -0.286 e. The normalized spacial score (nSPS) is 20.1. The summed E-state index contributed by atoms with van der Waals surface area (Å²) in [4.78, 5) is 13.9. The summed E-state index contributed by atoms with van der Waals surface area (Å²) >= 11 is 0. The quantitative estimate of drug-likeness (QED) is 0.728. The van der Waals surface area contributed by atoms with Crippen LogP contribution in [0.2, 0.25) is 0 Å². The summed E-state index contributed by atoms with van der Waals surface area (Å²) in [5, 5.41) is 0. The minimum absolute atomic E-state index is 0.164. The van der Waals surface area contributed by atoms with E-state index in [0.29, 0.717) is 17.2 Å². The molecule has 0 saturated carbocycles. The van der Waals surface area contributed by atoms with Gasteiger partial charge in [-0.15, -0.1) is 4.40 Å². The first-order valence-corrected chi connectivity index (χ1v) is 8.39. The number of hydrogen-bond acceptors (Lipinski definition) is 4. The Hall–Kier alpha value is -2.29. The molecule has 1 amide bonds. The maximum Gasteiger partial charge on any atom is 0.262 e. The van der Waals surface area contributed by atoms with Crippen molar-refractivity contribution in [1.29, 1.82) is 0 Å². The third-order valence-corrected chi connectivity index (χ3v) is 4.90. The molecule has 1 aromatic carbocycles.